The summed E-state index contributed by atoms with van der Waals surface area (Å²) in [5, 5.41) is 10.9. The van der Waals surface area contributed by atoms with Gasteiger partial charge in [0.15, 0.2) is 6.61 Å². The fraction of sp³-hybridized carbons (Fsp3) is 0.182. The quantitative estimate of drug-likeness (QED) is 0.634. The van der Waals surface area contributed by atoms with Gasteiger partial charge in [0.25, 0.3) is 11.1 Å². The molecule has 1 aliphatic heterocycles. The molecule has 0 atom stereocenters. The number of nitrogens with zero attached hydrogens (tertiary/aromatic N) is 1. The van der Waals surface area contributed by atoms with E-state index in [0.717, 1.165) is 16.0 Å². The highest BCUT2D eigenvalue weighted by molar-refractivity contribution is 8.18. The summed E-state index contributed by atoms with van der Waals surface area (Å²) in [6.45, 7) is 2.86. The van der Waals surface area contributed by atoms with E-state index in [2.05, 4.69) is 5.32 Å². The zero-order chi connectivity index (χ0) is 22.5. The van der Waals surface area contributed by atoms with Gasteiger partial charge in [-0.1, -0.05) is 24.3 Å². The second kappa shape index (κ2) is 9.48. The number of carbonyl (C=O) groups is 4. The molecule has 2 N–H and O–H groups in total. The Kier molecular flexibility index (Phi) is 6.76. The molecule has 8 nitrogen and oxygen atoms in total. The highest BCUT2D eigenvalue weighted by atomic mass is 32.2. The van der Waals surface area contributed by atoms with Crippen molar-refractivity contribution in [2.45, 2.75) is 13.8 Å². The number of amides is 3. The van der Waals surface area contributed by atoms with Crippen molar-refractivity contribution in [2.24, 2.45) is 0 Å². The summed E-state index contributed by atoms with van der Waals surface area (Å²) in [6, 6.07) is 12.1. The first-order valence-corrected chi connectivity index (χ1v) is 10.1. The Morgan fingerprint density at radius 2 is 1.81 bits per heavy atom. The Balaban J connectivity index is 1.72. The topological polar surface area (TPSA) is 113 Å². The number of hydrogen-bond donors (Lipinski definition) is 2. The first-order chi connectivity index (χ1) is 14.7. The summed E-state index contributed by atoms with van der Waals surface area (Å²) >= 11 is 0.710. The van der Waals surface area contributed by atoms with E-state index < -0.39 is 36.2 Å². The molecule has 2 aromatic rings. The van der Waals surface area contributed by atoms with Crippen molar-refractivity contribution in [2.75, 3.05) is 18.5 Å². The third-order valence-corrected chi connectivity index (χ3v) is 5.14. The molecule has 1 aliphatic rings. The summed E-state index contributed by atoms with van der Waals surface area (Å²) in [5.74, 6) is -1.95. The van der Waals surface area contributed by atoms with Crippen molar-refractivity contribution in [3.63, 3.8) is 0 Å². The van der Waals surface area contributed by atoms with Crippen LogP contribution in [-0.2, 0) is 14.4 Å². The lowest BCUT2D eigenvalue weighted by Crippen LogP contribution is -2.36. The van der Waals surface area contributed by atoms with E-state index in [1.807, 2.05) is 19.9 Å². The Bertz CT molecular complexity index is 1070. The highest BCUT2D eigenvalue weighted by Gasteiger charge is 2.36. The second-order valence-electron chi connectivity index (χ2n) is 6.91. The molecular formula is C22H20N2O6S. The molecule has 0 saturated carbocycles. The number of aliphatic carboxylic acids is 1. The van der Waals surface area contributed by atoms with Crippen LogP contribution in [0.25, 0.3) is 6.08 Å². The zero-order valence-electron chi connectivity index (χ0n) is 16.9. The van der Waals surface area contributed by atoms with Crippen molar-refractivity contribution in [3.05, 3.63) is 64.1 Å². The summed E-state index contributed by atoms with van der Waals surface area (Å²) in [7, 11) is 0. The minimum atomic E-state index is -1.13. The van der Waals surface area contributed by atoms with Gasteiger partial charge in [-0.15, -0.1) is 0 Å². The van der Waals surface area contributed by atoms with Crippen molar-refractivity contribution in [1.82, 2.24) is 4.90 Å². The van der Waals surface area contributed by atoms with Crippen LogP contribution in [0.4, 0.5) is 10.5 Å². The van der Waals surface area contributed by atoms with E-state index in [0.29, 0.717) is 23.0 Å². The molecule has 0 aliphatic carbocycles. The average molecular weight is 440 g/mol. The van der Waals surface area contributed by atoms with Crippen LogP contribution in [0.15, 0.2) is 47.4 Å². The van der Waals surface area contributed by atoms with Crippen LogP contribution >= 0.6 is 11.8 Å². The highest BCUT2D eigenvalue weighted by Crippen LogP contribution is 2.34. The first-order valence-electron chi connectivity index (χ1n) is 9.30. The molecule has 0 bridgehead atoms. The zero-order valence-corrected chi connectivity index (χ0v) is 17.7. The standard InChI is InChI=1S/C22H20N2O6S/c1-13-7-14(2)9-16(8-13)23-19(25)11-24-21(28)18(31-22(24)29)10-15-5-3-4-6-17(15)30-12-20(26)27/h3-10H,11-12H2,1-2H3,(H,23,25)(H,26,27)/b18-10+. The Labute approximate surface area is 182 Å². The summed E-state index contributed by atoms with van der Waals surface area (Å²) in [4.78, 5) is 49.1. The minimum Gasteiger partial charge on any atom is -0.481 e. The van der Waals surface area contributed by atoms with Gasteiger partial charge in [-0.05, 0) is 61.0 Å². The lowest BCUT2D eigenvalue weighted by atomic mass is 10.1. The molecule has 1 fully saturated rings. The predicted molar refractivity (Wildman–Crippen MR) is 117 cm³/mol. The fourth-order valence-electron chi connectivity index (χ4n) is 3.04. The van der Waals surface area contributed by atoms with E-state index in [1.54, 1.807) is 36.4 Å². The maximum Gasteiger partial charge on any atom is 0.341 e. The molecule has 0 spiro atoms. The molecule has 31 heavy (non-hydrogen) atoms. The van der Waals surface area contributed by atoms with Crippen LogP contribution in [0.1, 0.15) is 16.7 Å². The number of benzene rings is 2. The second-order valence-corrected chi connectivity index (χ2v) is 7.91. The number of rotatable bonds is 7. The van der Waals surface area contributed by atoms with Gasteiger partial charge in [-0.3, -0.25) is 19.3 Å². The van der Waals surface area contributed by atoms with Crippen LogP contribution < -0.4 is 10.1 Å². The lowest BCUT2D eigenvalue weighted by Gasteiger charge is -2.13. The van der Waals surface area contributed by atoms with Gasteiger partial charge in [0, 0.05) is 11.3 Å². The number of aryl methyl sites for hydroxylation is 2. The first kappa shape index (κ1) is 22.1. The van der Waals surface area contributed by atoms with Gasteiger partial charge >= 0.3 is 5.97 Å². The average Bonchev–Trinajstić information content (AvgIpc) is 2.93. The molecule has 160 valence electrons. The van der Waals surface area contributed by atoms with Crippen molar-refractivity contribution in [3.8, 4) is 5.75 Å². The fourth-order valence-corrected chi connectivity index (χ4v) is 3.87. The van der Waals surface area contributed by atoms with E-state index in [1.165, 1.54) is 6.08 Å². The van der Waals surface area contributed by atoms with Crippen LogP contribution in [0.3, 0.4) is 0 Å². The smallest absolute Gasteiger partial charge is 0.341 e. The maximum absolute atomic E-state index is 12.7. The maximum atomic E-state index is 12.7. The third-order valence-electron chi connectivity index (χ3n) is 4.24. The number of ether oxygens (including phenoxy) is 1. The Morgan fingerprint density at radius 3 is 2.48 bits per heavy atom. The van der Waals surface area contributed by atoms with Crippen molar-refractivity contribution in [1.29, 1.82) is 0 Å². The van der Waals surface area contributed by atoms with Crippen LogP contribution in [0.2, 0.25) is 0 Å². The molecule has 0 aromatic heterocycles. The Morgan fingerprint density at radius 1 is 1.13 bits per heavy atom. The van der Waals surface area contributed by atoms with Gasteiger partial charge in [0.2, 0.25) is 5.91 Å². The van der Waals surface area contributed by atoms with Gasteiger partial charge in [0.05, 0.1) is 4.91 Å². The van der Waals surface area contributed by atoms with Crippen molar-refractivity contribution >= 4 is 46.5 Å². The van der Waals surface area contributed by atoms with Crippen LogP contribution in [-0.4, -0.2) is 46.2 Å². The number of thioether (sulfide) groups is 1. The van der Waals surface area contributed by atoms with E-state index in [-0.39, 0.29) is 10.7 Å². The molecule has 1 saturated heterocycles. The van der Waals surface area contributed by atoms with Crippen LogP contribution in [0.5, 0.6) is 5.75 Å². The normalized spacial score (nSPS) is 14.8. The summed E-state index contributed by atoms with van der Waals surface area (Å²) in [5.41, 5.74) is 3.00. The molecule has 9 heteroatoms. The molecule has 2 aromatic carbocycles. The summed E-state index contributed by atoms with van der Waals surface area (Å²) < 4.78 is 5.22. The van der Waals surface area contributed by atoms with Gasteiger partial charge in [-0.2, -0.15) is 0 Å². The molecular weight excluding hydrogens is 420 g/mol. The van der Waals surface area contributed by atoms with Gasteiger partial charge in [0.1, 0.15) is 12.3 Å². The Hall–Kier alpha value is -3.59. The monoisotopic (exact) mass is 440 g/mol. The SMILES string of the molecule is Cc1cc(C)cc(NC(=O)CN2C(=O)S/C(=C/c3ccccc3OCC(=O)O)C2=O)c1. The number of anilines is 1. The largest absolute Gasteiger partial charge is 0.481 e. The molecule has 3 amide bonds. The van der Waals surface area contributed by atoms with Crippen LogP contribution in [0, 0.1) is 13.8 Å². The van der Waals surface area contributed by atoms with E-state index >= 15 is 0 Å². The number of carboxylic acids is 1. The number of nitrogens with one attached hydrogen (secondary N) is 1. The van der Waals surface area contributed by atoms with Gasteiger partial charge < -0.3 is 15.2 Å². The van der Waals surface area contributed by atoms with Gasteiger partial charge in [-0.25, -0.2) is 4.79 Å². The van der Waals surface area contributed by atoms with Crippen molar-refractivity contribution < 1.29 is 29.0 Å². The molecule has 0 unspecified atom stereocenters. The number of hydrogen-bond acceptors (Lipinski definition) is 6. The van der Waals surface area contributed by atoms with E-state index in [4.69, 9.17) is 9.84 Å². The minimum absolute atomic E-state index is 0.121. The lowest BCUT2D eigenvalue weighted by molar-refractivity contribution is -0.139. The predicted octanol–water partition coefficient (Wildman–Crippen LogP) is 3.44. The number of imide groups is 1. The number of carboxylic acid groups (broad SMARTS) is 1. The summed E-state index contributed by atoms with van der Waals surface area (Å²) in [6.07, 6.45) is 1.45. The number of carbonyl (C=O) groups excluding carboxylic acids is 3. The third kappa shape index (κ3) is 5.73. The number of para-hydroxylation sites is 1. The molecule has 3 rings (SSSR count). The molecule has 1 heterocycles. The molecule has 0 radical (unpaired) electrons. The van der Waals surface area contributed by atoms with E-state index in [9.17, 15) is 19.2 Å².